The van der Waals surface area contributed by atoms with Crippen molar-refractivity contribution in [3.05, 3.63) is 12.2 Å². The molecule has 0 heterocycles. The highest BCUT2D eigenvalue weighted by molar-refractivity contribution is 5.86. The number of carbonyl (C=O) groups is 3. The van der Waals surface area contributed by atoms with Crippen molar-refractivity contribution < 1.29 is 19.5 Å². The molecule has 0 bridgehead atoms. The van der Waals surface area contributed by atoms with E-state index in [9.17, 15) is 19.5 Å². The van der Waals surface area contributed by atoms with Gasteiger partial charge in [-0.05, 0) is 118 Å². The Labute approximate surface area is 241 Å². The summed E-state index contributed by atoms with van der Waals surface area (Å²) in [5.41, 5.74) is 0.960. The van der Waals surface area contributed by atoms with Crippen molar-refractivity contribution in [1.82, 2.24) is 10.6 Å². The van der Waals surface area contributed by atoms with Crippen LogP contribution in [0.4, 0.5) is 0 Å². The van der Waals surface area contributed by atoms with Gasteiger partial charge in [0.2, 0.25) is 5.91 Å². The molecule has 40 heavy (non-hydrogen) atoms. The number of rotatable bonds is 6. The van der Waals surface area contributed by atoms with E-state index >= 15 is 0 Å². The zero-order chi connectivity index (χ0) is 29.5. The number of aliphatic carboxylic acids is 1. The minimum absolute atomic E-state index is 0.0558. The zero-order valence-electron chi connectivity index (χ0n) is 26.1. The molecule has 6 nitrogen and oxygen atoms in total. The second kappa shape index (κ2) is 9.67. The van der Waals surface area contributed by atoms with Crippen molar-refractivity contribution in [2.24, 2.45) is 56.7 Å². The molecule has 224 valence electrons. The number of Topliss-reactive ketones (excluding diaryl/α,β-unsaturated/α-hetero) is 1. The van der Waals surface area contributed by atoms with Crippen molar-refractivity contribution in [3.8, 4) is 0 Å². The van der Waals surface area contributed by atoms with Crippen molar-refractivity contribution in [2.45, 2.75) is 112 Å². The van der Waals surface area contributed by atoms with Crippen LogP contribution in [0.15, 0.2) is 12.2 Å². The maximum atomic E-state index is 14.1. The molecule has 3 N–H and O–H groups in total. The predicted octanol–water partition coefficient (Wildman–Crippen LogP) is 6.00. The molecular formula is C34H54N2O4. The Bertz CT molecular complexity index is 1100. The van der Waals surface area contributed by atoms with Gasteiger partial charge >= 0.3 is 5.97 Å². The summed E-state index contributed by atoms with van der Waals surface area (Å²) < 4.78 is 0. The van der Waals surface area contributed by atoms with Crippen LogP contribution in [0.2, 0.25) is 0 Å². The van der Waals surface area contributed by atoms with Crippen LogP contribution < -0.4 is 10.6 Å². The van der Waals surface area contributed by atoms with Crippen LogP contribution in [0.1, 0.15) is 106 Å². The van der Waals surface area contributed by atoms with E-state index in [1.54, 1.807) is 7.05 Å². The minimum Gasteiger partial charge on any atom is -0.480 e. The number of fused-ring (bicyclic) bond motifs is 7. The van der Waals surface area contributed by atoms with Crippen LogP contribution in [-0.2, 0) is 14.4 Å². The molecule has 0 spiro atoms. The molecule has 5 aliphatic carbocycles. The first-order valence-electron chi connectivity index (χ1n) is 16.0. The average molecular weight is 555 g/mol. The predicted molar refractivity (Wildman–Crippen MR) is 157 cm³/mol. The minimum atomic E-state index is -0.942. The van der Waals surface area contributed by atoms with Crippen LogP contribution in [-0.4, -0.2) is 42.4 Å². The zero-order valence-corrected chi connectivity index (χ0v) is 26.1. The average Bonchev–Trinajstić information content (AvgIpc) is 3.28. The Morgan fingerprint density at radius 1 is 0.950 bits per heavy atom. The first-order valence-corrected chi connectivity index (χ1v) is 16.0. The Morgan fingerprint density at radius 3 is 2.27 bits per heavy atom. The molecule has 0 aromatic heterocycles. The molecule has 1 amide bonds. The van der Waals surface area contributed by atoms with E-state index in [-0.39, 0.29) is 40.0 Å². The highest BCUT2D eigenvalue weighted by atomic mass is 16.4. The van der Waals surface area contributed by atoms with Crippen LogP contribution in [0.5, 0.6) is 0 Å². The van der Waals surface area contributed by atoms with Crippen molar-refractivity contribution >= 4 is 17.7 Å². The summed E-state index contributed by atoms with van der Waals surface area (Å²) in [4.78, 5) is 38.8. The Kier molecular flexibility index (Phi) is 7.20. The van der Waals surface area contributed by atoms with E-state index in [0.717, 1.165) is 51.4 Å². The summed E-state index contributed by atoms with van der Waals surface area (Å²) in [6.07, 6.45) is 10.1. The summed E-state index contributed by atoms with van der Waals surface area (Å²) in [6.45, 7) is 18.7. The van der Waals surface area contributed by atoms with Gasteiger partial charge in [-0.15, -0.1) is 0 Å². The first kappa shape index (κ1) is 29.8. The lowest BCUT2D eigenvalue weighted by Crippen LogP contribution is -2.67. The fraction of sp³-hybridized carbons (Fsp3) is 0.853. The van der Waals surface area contributed by atoms with Gasteiger partial charge in [-0.1, -0.05) is 46.8 Å². The van der Waals surface area contributed by atoms with Crippen molar-refractivity contribution in [2.75, 3.05) is 13.6 Å². The Morgan fingerprint density at radius 2 is 1.65 bits per heavy atom. The maximum absolute atomic E-state index is 14.1. The molecule has 10 atom stereocenters. The molecule has 5 aliphatic rings. The third kappa shape index (κ3) is 3.86. The summed E-state index contributed by atoms with van der Waals surface area (Å²) in [6, 6.07) is -0.789. The standard InChI is InChI=1S/C34H54N2O4/c1-20(2)21-11-16-34(29(40)36-19-23(35-8)28(38)39)18-17-32(6)22(27(21)34)9-10-25-31(5)14-13-26(37)30(3,4)24(31)12-15-33(25,32)7/h21-25,27,35H,1,9-19H2,2-8H3,(H,36,40)(H,38,39). The van der Waals surface area contributed by atoms with Crippen molar-refractivity contribution in [1.29, 1.82) is 0 Å². The highest BCUT2D eigenvalue weighted by Gasteiger charge is 2.71. The van der Waals surface area contributed by atoms with Gasteiger partial charge in [0.05, 0.1) is 5.41 Å². The van der Waals surface area contributed by atoms with E-state index in [2.05, 4.69) is 58.8 Å². The van der Waals surface area contributed by atoms with Crippen molar-refractivity contribution in [3.63, 3.8) is 0 Å². The monoisotopic (exact) mass is 554 g/mol. The molecule has 0 aliphatic heterocycles. The molecule has 5 fully saturated rings. The number of allylic oxidation sites excluding steroid dienone is 1. The third-order valence-electron chi connectivity index (χ3n) is 14.4. The molecule has 0 aromatic rings. The Hall–Kier alpha value is -1.69. The van der Waals surface area contributed by atoms with Gasteiger partial charge in [0.15, 0.2) is 0 Å². The Balaban J connectivity index is 1.49. The molecule has 0 radical (unpaired) electrons. The number of carboxylic acids is 1. The number of likely N-dealkylation sites (N-methyl/N-ethyl adjacent to an activating group) is 1. The van der Waals surface area contributed by atoms with Crippen LogP contribution in [0, 0.1) is 56.7 Å². The third-order valence-corrected chi connectivity index (χ3v) is 14.4. The quantitative estimate of drug-likeness (QED) is 0.350. The number of ketones is 1. The number of nitrogens with one attached hydrogen (secondary N) is 2. The van der Waals surface area contributed by atoms with Gasteiger partial charge in [-0.2, -0.15) is 0 Å². The summed E-state index contributed by atoms with van der Waals surface area (Å²) in [5, 5.41) is 15.4. The smallest absolute Gasteiger partial charge is 0.322 e. The van der Waals surface area contributed by atoms with E-state index in [4.69, 9.17) is 0 Å². The lowest BCUT2D eigenvalue weighted by molar-refractivity contribution is -0.233. The van der Waals surface area contributed by atoms with E-state index in [0.29, 0.717) is 35.9 Å². The van der Waals surface area contributed by atoms with E-state index in [1.165, 1.54) is 12.0 Å². The normalized spacial score (nSPS) is 46.3. The fourth-order valence-corrected chi connectivity index (χ4v) is 12.0. The summed E-state index contributed by atoms with van der Waals surface area (Å²) >= 11 is 0. The summed E-state index contributed by atoms with van der Waals surface area (Å²) in [7, 11) is 1.63. The molecular weight excluding hydrogens is 500 g/mol. The lowest BCUT2D eigenvalue weighted by atomic mass is 9.32. The van der Waals surface area contributed by atoms with Gasteiger partial charge in [0, 0.05) is 18.4 Å². The largest absolute Gasteiger partial charge is 0.480 e. The van der Waals surface area contributed by atoms with Gasteiger partial charge in [0.1, 0.15) is 11.8 Å². The molecule has 0 saturated heterocycles. The first-order chi connectivity index (χ1) is 18.6. The van der Waals surface area contributed by atoms with Gasteiger partial charge in [-0.3, -0.25) is 14.4 Å². The molecule has 0 aromatic carbocycles. The number of carboxylic acid groups (broad SMARTS) is 1. The van der Waals surface area contributed by atoms with Crippen LogP contribution in [0.25, 0.3) is 0 Å². The summed E-state index contributed by atoms with van der Waals surface area (Å²) in [5.74, 6) is 1.60. The van der Waals surface area contributed by atoms with Gasteiger partial charge in [-0.25, -0.2) is 0 Å². The maximum Gasteiger partial charge on any atom is 0.322 e. The molecule has 5 saturated carbocycles. The topological polar surface area (TPSA) is 95.5 Å². The number of amides is 1. The van der Waals surface area contributed by atoms with E-state index in [1.807, 2.05) is 0 Å². The number of hydrogen-bond donors (Lipinski definition) is 3. The second-order valence-electron chi connectivity index (χ2n) is 15.9. The van der Waals surface area contributed by atoms with Crippen LogP contribution in [0.3, 0.4) is 0 Å². The number of carbonyl (C=O) groups excluding carboxylic acids is 2. The van der Waals surface area contributed by atoms with Crippen LogP contribution >= 0.6 is 0 Å². The number of hydrogen-bond acceptors (Lipinski definition) is 4. The SMILES string of the molecule is C=C(C)C1CCC2(C(=O)NCC(NC)C(=O)O)CCC3(C)C(CCC4C5(C)CCC(=O)C(C)(C)C5CCC43C)C12. The molecule has 5 rings (SSSR count). The second-order valence-corrected chi connectivity index (χ2v) is 15.9. The van der Waals surface area contributed by atoms with Gasteiger partial charge in [0.25, 0.3) is 0 Å². The molecule has 6 heteroatoms. The fourth-order valence-electron chi connectivity index (χ4n) is 12.0. The lowest BCUT2D eigenvalue weighted by Gasteiger charge is -2.72. The van der Waals surface area contributed by atoms with Gasteiger partial charge < -0.3 is 15.7 Å². The highest BCUT2D eigenvalue weighted by Crippen LogP contribution is 2.77. The molecule has 10 unspecified atom stereocenters. The van der Waals surface area contributed by atoms with E-state index < -0.39 is 17.4 Å².